The van der Waals surface area contributed by atoms with Gasteiger partial charge in [0, 0.05) is 0 Å². The highest BCUT2D eigenvalue weighted by Crippen LogP contribution is 2.38. The molecular weight excluding hydrogens is 327 g/mol. The number of carbonyl (C=O) groups is 1. The maximum absolute atomic E-state index is 12.9. The Morgan fingerprint density at radius 3 is 2.08 bits per heavy atom. The van der Waals surface area contributed by atoms with Crippen molar-refractivity contribution in [3.05, 3.63) is 48.0 Å². The lowest BCUT2D eigenvalue weighted by molar-refractivity contribution is -0.136. The number of rotatable bonds is 4. The molecule has 1 N–H and O–H groups in total. The fourth-order valence-corrected chi connectivity index (χ4v) is 1.99. The molecule has 2 aromatic rings. The highest BCUT2D eigenvalue weighted by molar-refractivity contribution is 5.88. The van der Waals surface area contributed by atoms with E-state index in [4.69, 9.17) is 14.2 Å². The van der Waals surface area contributed by atoms with Crippen LogP contribution in [0.5, 0.6) is 17.2 Å². The second-order valence-corrected chi connectivity index (χ2v) is 4.55. The third-order valence-electron chi connectivity index (χ3n) is 3.05. The van der Waals surface area contributed by atoms with Crippen LogP contribution in [0.25, 0.3) is 0 Å². The Bertz CT molecular complexity index is 709. The van der Waals surface area contributed by atoms with Crippen molar-refractivity contribution in [2.45, 2.75) is 6.18 Å². The lowest BCUT2D eigenvalue weighted by atomic mass is 10.2. The molecule has 0 aliphatic rings. The van der Waals surface area contributed by atoms with E-state index in [0.717, 1.165) is 12.1 Å². The number of halogens is 3. The Hall–Kier alpha value is -2.90. The van der Waals surface area contributed by atoms with Crippen molar-refractivity contribution in [2.75, 3.05) is 19.5 Å². The van der Waals surface area contributed by atoms with Crippen molar-refractivity contribution in [3.63, 3.8) is 0 Å². The molecule has 24 heavy (non-hydrogen) atoms. The maximum atomic E-state index is 12.9. The van der Waals surface area contributed by atoms with Crippen molar-refractivity contribution < 1.29 is 32.2 Å². The van der Waals surface area contributed by atoms with Crippen LogP contribution in [-0.2, 0) is 6.18 Å². The topological polar surface area (TPSA) is 56.8 Å². The van der Waals surface area contributed by atoms with Crippen molar-refractivity contribution in [2.24, 2.45) is 0 Å². The molecule has 0 saturated carbocycles. The Balaban J connectivity index is 2.25. The number of nitrogens with one attached hydrogen (secondary N) is 1. The number of ether oxygens (including phenoxy) is 3. The first-order valence-corrected chi connectivity index (χ1v) is 6.73. The predicted octanol–water partition coefficient (Wildman–Crippen LogP) is 4.33. The van der Waals surface area contributed by atoms with Gasteiger partial charge in [-0.05, 0) is 24.3 Å². The average molecular weight is 341 g/mol. The minimum absolute atomic E-state index is 0.0375. The number of benzene rings is 2. The zero-order valence-corrected chi connectivity index (χ0v) is 12.8. The van der Waals surface area contributed by atoms with E-state index in [1.54, 1.807) is 6.07 Å². The normalized spacial score (nSPS) is 10.9. The van der Waals surface area contributed by atoms with Crippen LogP contribution in [0.15, 0.2) is 42.5 Å². The molecule has 5 nitrogen and oxygen atoms in total. The van der Waals surface area contributed by atoms with Gasteiger partial charge in [0.25, 0.3) is 0 Å². The number of alkyl halides is 3. The molecule has 0 saturated heterocycles. The van der Waals surface area contributed by atoms with E-state index in [9.17, 15) is 18.0 Å². The summed E-state index contributed by atoms with van der Waals surface area (Å²) < 4.78 is 54.0. The number of carbonyl (C=O) groups excluding carboxylic acids is 1. The third kappa shape index (κ3) is 3.89. The van der Waals surface area contributed by atoms with Gasteiger partial charge in [0.15, 0.2) is 11.5 Å². The highest BCUT2D eigenvalue weighted by Gasteiger charge is 2.33. The van der Waals surface area contributed by atoms with Gasteiger partial charge in [-0.15, -0.1) is 0 Å². The Morgan fingerprint density at radius 2 is 1.54 bits per heavy atom. The SMILES string of the molecule is COc1cccc(OC)c1OC(=O)Nc1ccccc1C(F)(F)F. The van der Waals surface area contributed by atoms with Gasteiger partial charge in [-0.25, -0.2) is 4.79 Å². The molecule has 0 atom stereocenters. The van der Waals surface area contributed by atoms with E-state index in [1.165, 1.54) is 38.5 Å². The van der Waals surface area contributed by atoms with Gasteiger partial charge >= 0.3 is 12.3 Å². The number of amides is 1. The number of hydrogen-bond acceptors (Lipinski definition) is 4. The van der Waals surface area contributed by atoms with Gasteiger partial charge in [-0.1, -0.05) is 18.2 Å². The summed E-state index contributed by atoms with van der Waals surface area (Å²) in [5, 5.41) is 2.08. The van der Waals surface area contributed by atoms with E-state index in [2.05, 4.69) is 5.32 Å². The first-order valence-electron chi connectivity index (χ1n) is 6.73. The van der Waals surface area contributed by atoms with Crippen molar-refractivity contribution in [1.82, 2.24) is 0 Å². The summed E-state index contributed by atoms with van der Waals surface area (Å²) in [4.78, 5) is 12.0. The molecule has 0 aliphatic carbocycles. The van der Waals surface area contributed by atoms with Crippen molar-refractivity contribution >= 4 is 11.8 Å². The summed E-state index contributed by atoms with van der Waals surface area (Å²) in [6.45, 7) is 0. The average Bonchev–Trinajstić information content (AvgIpc) is 2.54. The van der Waals surface area contributed by atoms with Crippen LogP contribution in [-0.4, -0.2) is 20.3 Å². The summed E-state index contributed by atoms with van der Waals surface area (Å²) in [6.07, 6.45) is -5.71. The summed E-state index contributed by atoms with van der Waals surface area (Å²) in [5.74, 6) is 0.367. The maximum Gasteiger partial charge on any atom is 0.418 e. The van der Waals surface area contributed by atoms with Gasteiger partial charge in [-0.2, -0.15) is 13.2 Å². The van der Waals surface area contributed by atoms with Crippen LogP contribution in [0.4, 0.5) is 23.7 Å². The molecular formula is C16H14F3NO4. The first kappa shape index (κ1) is 17.5. The number of anilines is 1. The van der Waals surface area contributed by atoms with Gasteiger partial charge in [0.2, 0.25) is 5.75 Å². The third-order valence-corrected chi connectivity index (χ3v) is 3.05. The van der Waals surface area contributed by atoms with E-state index < -0.39 is 23.5 Å². The number of methoxy groups -OCH3 is 2. The number of para-hydroxylation sites is 2. The molecule has 128 valence electrons. The van der Waals surface area contributed by atoms with Crippen LogP contribution < -0.4 is 19.5 Å². The molecule has 8 heteroatoms. The van der Waals surface area contributed by atoms with Gasteiger partial charge in [-0.3, -0.25) is 5.32 Å². The van der Waals surface area contributed by atoms with E-state index in [1.807, 2.05) is 0 Å². The molecule has 0 bridgehead atoms. The highest BCUT2D eigenvalue weighted by atomic mass is 19.4. The largest absolute Gasteiger partial charge is 0.493 e. The van der Waals surface area contributed by atoms with E-state index in [0.29, 0.717) is 0 Å². The molecule has 0 aliphatic heterocycles. The summed E-state index contributed by atoms with van der Waals surface area (Å²) in [5.41, 5.74) is -1.39. The second kappa shape index (κ2) is 7.12. The molecule has 1 amide bonds. The lowest BCUT2D eigenvalue weighted by Gasteiger charge is -2.15. The van der Waals surface area contributed by atoms with Crippen LogP contribution in [0.1, 0.15) is 5.56 Å². The Labute approximate surface area is 135 Å². The zero-order chi connectivity index (χ0) is 17.7. The number of hydrogen-bond donors (Lipinski definition) is 1. The smallest absolute Gasteiger partial charge is 0.418 e. The molecule has 2 rings (SSSR count). The fraction of sp³-hybridized carbons (Fsp3) is 0.188. The zero-order valence-electron chi connectivity index (χ0n) is 12.8. The standard InChI is InChI=1S/C16H14F3NO4/c1-22-12-8-5-9-13(23-2)14(12)24-15(21)20-11-7-4-3-6-10(11)16(17,18)19/h3-9H,1-2H3,(H,20,21). The summed E-state index contributed by atoms with van der Waals surface area (Å²) in [6, 6.07) is 9.24. The van der Waals surface area contributed by atoms with Gasteiger partial charge in [0.1, 0.15) is 0 Å². The van der Waals surface area contributed by atoms with Crippen LogP contribution in [0.3, 0.4) is 0 Å². The summed E-state index contributed by atoms with van der Waals surface area (Å²) >= 11 is 0. The van der Waals surface area contributed by atoms with Crippen LogP contribution >= 0.6 is 0 Å². The van der Waals surface area contributed by atoms with Gasteiger partial charge < -0.3 is 14.2 Å². The molecule has 0 fully saturated rings. The molecule has 0 radical (unpaired) electrons. The Morgan fingerprint density at radius 1 is 0.958 bits per heavy atom. The lowest BCUT2D eigenvalue weighted by Crippen LogP contribution is -2.20. The quantitative estimate of drug-likeness (QED) is 0.899. The first-order chi connectivity index (χ1) is 11.4. The van der Waals surface area contributed by atoms with E-state index in [-0.39, 0.29) is 17.2 Å². The van der Waals surface area contributed by atoms with Gasteiger partial charge in [0.05, 0.1) is 25.5 Å². The van der Waals surface area contributed by atoms with E-state index >= 15 is 0 Å². The van der Waals surface area contributed by atoms with Crippen LogP contribution in [0.2, 0.25) is 0 Å². The minimum atomic E-state index is -4.61. The molecule has 0 aromatic heterocycles. The monoisotopic (exact) mass is 341 g/mol. The minimum Gasteiger partial charge on any atom is -0.493 e. The second-order valence-electron chi connectivity index (χ2n) is 4.55. The van der Waals surface area contributed by atoms with Crippen molar-refractivity contribution in [3.8, 4) is 17.2 Å². The molecule has 0 spiro atoms. The van der Waals surface area contributed by atoms with Crippen molar-refractivity contribution in [1.29, 1.82) is 0 Å². The van der Waals surface area contributed by atoms with Crippen LogP contribution in [0, 0.1) is 0 Å². The molecule has 0 unspecified atom stereocenters. The Kier molecular flexibility index (Phi) is 5.18. The molecule has 2 aromatic carbocycles. The predicted molar refractivity (Wildman–Crippen MR) is 80.6 cm³/mol. The molecule has 0 heterocycles. The summed E-state index contributed by atoms with van der Waals surface area (Å²) in [7, 11) is 2.72. The fourth-order valence-electron chi connectivity index (χ4n) is 1.99.